The molecule has 0 saturated carbocycles. The molecule has 0 spiro atoms. The fourth-order valence-corrected chi connectivity index (χ4v) is 2.12. The SMILES string of the molecule is Cc1cc(Oc2ccc(F)cc2Br)ccc1C(=N)N. The third-order valence-electron chi connectivity index (χ3n) is 2.61. The van der Waals surface area contributed by atoms with Gasteiger partial charge in [-0.05, 0) is 64.8 Å². The Balaban J connectivity index is 2.29. The first-order valence-corrected chi connectivity index (χ1v) is 6.34. The molecule has 0 aliphatic rings. The Kier molecular flexibility index (Phi) is 3.85. The first kappa shape index (κ1) is 13.5. The molecule has 0 aliphatic carbocycles. The van der Waals surface area contributed by atoms with E-state index >= 15 is 0 Å². The van der Waals surface area contributed by atoms with E-state index in [1.807, 2.05) is 6.92 Å². The van der Waals surface area contributed by atoms with E-state index in [1.54, 1.807) is 24.3 Å². The van der Waals surface area contributed by atoms with Crippen LogP contribution in [0.3, 0.4) is 0 Å². The Bertz CT molecular complexity index is 643. The Labute approximate surface area is 118 Å². The molecule has 2 rings (SSSR count). The second-order valence-corrected chi connectivity index (χ2v) is 4.92. The number of halogens is 2. The summed E-state index contributed by atoms with van der Waals surface area (Å²) >= 11 is 3.24. The maximum absolute atomic E-state index is 13.0. The second-order valence-electron chi connectivity index (χ2n) is 4.07. The smallest absolute Gasteiger partial charge is 0.141 e. The third kappa shape index (κ3) is 3.12. The summed E-state index contributed by atoms with van der Waals surface area (Å²) in [6, 6.07) is 9.45. The minimum atomic E-state index is -0.331. The molecule has 0 aromatic heterocycles. The lowest BCUT2D eigenvalue weighted by atomic mass is 10.1. The summed E-state index contributed by atoms with van der Waals surface area (Å²) in [7, 11) is 0. The number of aryl methyl sites for hydroxylation is 1. The molecular weight excluding hydrogens is 311 g/mol. The topological polar surface area (TPSA) is 59.1 Å². The number of ether oxygens (including phenoxy) is 1. The highest BCUT2D eigenvalue weighted by molar-refractivity contribution is 9.10. The first-order valence-electron chi connectivity index (χ1n) is 5.55. The van der Waals surface area contributed by atoms with E-state index in [-0.39, 0.29) is 11.7 Å². The van der Waals surface area contributed by atoms with Crippen LogP contribution in [0.15, 0.2) is 40.9 Å². The van der Waals surface area contributed by atoms with E-state index in [1.165, 1.54) is 12.1 Å². The summed E-state index contributed by atoms with van der Waals surface area (Å²) in [6.07, 6.45) is 0. The predicted octanol–water partition coefficient (Wildman–Crippen LogP) is 3.97. The van der Waals surface area contributed by atoms with Crippen molar-refractivity contribution >= 4 is 21.8 Å². The quantitative estimate of drug-likeness (QED) is 0.663. The lowest BCUT2D eigenvalue weighted by molar-refractivity contribution is 0.477. The van der Waals surface area contributed by atoms with Crippen molar-refractivity contribution in [3.63, 3.8) is 0 Å². The highest BCUT2D eigenvalue weighted by Crippen LogP contribution is 2.30. The summed E-state index contributed by atoms with van der Waals surface area (Å²) in [4.78, 5) is 0. The number of nitrogens with one attached hydrogen (secondary N) is 1. The maximum Gasteiger partial charge on any atom is 0.141 e. The zero-order valence-corrected chi connectivity index (χ0v) is 11.8. The van der Waals surface area contributed by atoms with Gasteiger partial charge in [-0.1, -0.05) is 0 Å². The van der Waals surface area contributed by atoms with E-state index in [0.29, 0.717) is 21.5 Å². The van der Waals surface area contributed by atoms with E-state index in [0.717, 1.165) is 5.56 Å². The molecule has 2 aromatic rings. The molecule has 0 amide bonds. The van der Waals surface area contributed by atoms with Gasteiger partial charge in [0.05, 0.1) is 4.47 Å². The van der Waals surface area contributed by atoms with Crippen LogP contribution in [0.4, 0.5) is 4.39 Å². The molecule has 0 saturated heterocycles. The van der Waals surface area contributed by atoms with Crippen molar-refractivity contribution in [1.82, 2.24) is 0 Å². The van der Waals surface area contributed by atoms with Crippen molar-refractivity contribution in [2.24, 2.45) is 5.73 Å². The molecule has 0 unspecified atom stereocenters. The van der Waals surface area contributed by atoms with Crippen LogP contribution in [0.2, 0.25) is 0 Å². The fraction of sp³-hybridized carbons (Fsp3) is 0.0714. The third-order valence-corrected chi connectivity index (χ3v) is 3.23. The number of hydrogen-bond acceptors (Lipinski definition) is 2. The molecule has 2 aromatic carbocycles. The molecule has 0 heterocycles. The van der Waals surface area contributed by atoms with E-state index in [9.17, 15) is 4.39 Å². The summed E-state index contributed by atoms with van der Waals surface area (Å²) in [5.74, 6) is 0.820. The van der Waals surface area contributed by atoms with Crippen LogP contribution in [0, 0.1) is 18.2 Å². The average molecular weight is 323 g/mol. The lowest BCUT2D eigenvalue weighted by Gasteiger charge is -2.10. The Morgan fingerprint density at radius 3 is 2.58 bits per heavy atom. The molecule has 0 bridgehead atoms. The predicted molar refractivity (Wildman–Crippen MR) is 76.4 cm³/mol. The zero-order chi connectivity index (χ0) is 14.0. The summed E-state index contributed by atoms with van der Waals surface area (Å²) in [5.41, 5.74) is 6.97. The molecule has 5 heteroatoms. The average Bonchev–Trinajstić information content (AvgIpc) is 2.32. The van der Waals surface area contributed by atoms with Gasteiger partial charge >= 0.3 is 0 Å². The number of nitrogens with two attached hydrogens (primary N) is 1. The molecule has 3 nitrogen and oxygen atoms in total. The van der Waals surface area contributed by atoms with Crippen LogP contribution in [0.1, 0.15) is 11.1 Å². The van der Waals surface area contributed by atoms with Crippen LogP contribution in [-0.4, -0.2) is 5.84 Å². The van der Waals surface area contributed by atoms with Crippen LogP contribution in [0.5, 0.6) is 11.5 Å². The van der Waals surface area contributed by atoms with Gasteiger partial charge in [-0.3, -0.25) is 5.41 Å². The molecule has 0 atom stereocenters. The van der Waals surface area contributed by atoms with Crippen molar-refractivity contribution < 1.29 is 9.13 Å². The molecule has 19 heavy (non-hydrogen) atoms. The Morgan fingerprint density at radius 1 is 1.26 bits per heavy atom. The highest BCUT2D eigenvalue weighted by atomic mass is 79.9. The maximum atomic E-state index is 13.0. The summed E-state index contributed by atoms with van der Waals surface area (Å²) in [6.45, 7) is 1.85. The van der Waals surface area contributed by atoms with Gasteiger partial charge in [-0.15, -0.1) is 0 Å². The van der Waals surface area contributed by atoms with Crippen molar-refractivity contribution in [1.29, 1.82) is 5.41 Å². The van der Waals surface area contributed by atoms with Crippen molar-refractivity contribution in [2.75, 3.05) is 0 Å². The van der Waals surface area contributed by atoms with Crippen LogP contribution >= 0.6 is 15.9 Å². The summed E-state index contributed by atoms with van der Waals surface area (Å²) in [5, 5.41) is 7.41. The molecule has 0 radical (unpaired) electrons. The number of hydrogen-bond donors (Lipinski definition) is 2. The van der Waals surface area contributed by atoms with Gasteiger partial charge in [0.2, 0.25) is 0 Å². The van der Waals surface area contributed by atoms with Gasteiger partial charge in [0.25, 0.3) is 0 Å². The van der Waals surface area contributed by atoms with Crippen molar-refractivity contribution in [3.8, 4) is 11.5 Å². The molecule has 0 aliphatic heterocycles. The van der Waals surface area contributed by atoms with Crippen LogP contribution in [0.25, 0.3) is 0 Å². The van der Waals surface area contributed by atoms with Gasteiger partial charge in [0.15, 0.2) is 0 Å². The van der Waals surface area contributed by atoms with E-state index in [4.69, 9.17) is 15.9 Å². The second kappa shape index (κ2) is 5.40. The first-order chi connectivity index (χ1) is 8.97. The van der Waals surface area contributed by atoms with E-state index < -0.39 is 0 Å². The minimum Gasteiger partial charge on any atom is -0.456 e. The number of amidine groups is 1. The van der Waals surface area contributed by atoms with Gasteiger partial charge in [-0.2, -0.15) is 0 Å². The number of rotatable bonds is 3. The normalized spacial score (nSPS) is 10.3. The van der Waals surface area contributed by atoms with E-state index in [2.05, 4.69) is 15.9 Å². The van der Waals surface area contributed by atoms with Gasteiger partial charge < -0.3 is 10.5 Å². The Hall–Kier alpha value is -1.88. The van der Waals surface area contributed by atoms with Crippen LogP contribution < -0.4 is 10.5 Å². The molecule has 0 fully saturated rings. The highest BCUT2D eigenvalue weighted by Gasteiger charge is 2.07. The van der Waals surface area contributed by atoms with Crippen LogP contribution in [-0.2, 0) is 0 Å². The molecular formula is C14H12BrFN2O. The number of benzene rings is 2. The monoisotopic (exact) mass is 322 g/mol. The standard InChI is InChI=1S/C14H12BrFN2O/c1-8-6-10(3-4-11(8)14(17)18)19-13-5-2-9(16)7-12(13)15/h2-7H,1H3,(H3,17,18). The Morgan fingerprint density at radius 2 is 2.00 bits per heavy atom. The number of nitrogen functional groups attached to an aromatic ring is 1. The fourth-order valence-electron chi connectivity index (χ4n) is 1.69. The summed E-state index contributed by atoms with van der Waals surface area (Å²) < 4.78 is 19.2. The van der Waals surface area contributed by atoms with Crippen molar-refractivity contribution in [2.45, 2.75) is 6.92 Å². The lowest BCUT2D eigenvalue weighted by Crippen LogP contribution is -2.12. The molecule has 3 N–H and O–H groups in total. The van der Waals surface area contributed by atoms with Gasteiger partial charge in [0.1, 0.15) is 23.2 Å². The molecule has 98 valence electrons. The minimum absolute atomic E-state index is 0.0204. The largest absolute Gasteiger partial charge is 0.456 e. The zero-order valence-electron chi connectivity index (χ0n) is 10.2. The van der Waals surface area contributed by atoms with Gasteiger partial charge in [0, 0.05) is 5.56 Å². The van der Waals surface area contributed by atoms with Gasteiger partial charge in [-0.25, -0.2) is 4.39 Å². The van der Waals surface area contributed by atoms with Crippen molar-refractivity contribution in [3.05, 3.63) is 57.8 Å².